The number of nitrogens with two attached hydrogens (primary N) is 1. The number of hydrogen-bond acceptors (Lipinski definition) is 10. The van der Waals surface area contributed by atoms with E-state index in [4.69, 9.17) is 26.8 Å². The number of likely N-dealkylation sites (tertiary alicyclic amines) is 2. The number of nitrogens with zero attached hydrogens (tertiary/aromatic N) is 5. The molecular formula is C56H64ClF3N8O7. The number of carbonyl (C=O) groups is 4. The molecular weight excluding hydrogens is 989 g/mol. The quantitative estimate of drug-likeness (QED) is 0.0796. The highest BCUT2D eigenvalue weighted by atomic mass is 35.5. The van der Waals surface area contributed by atoms with Crippen LogP contribution in [0, 0.1) is 29.3 Å². The Morgan fingerprint density at radius 1 is 0.933 bits per heavy atom. The number of aromatic nitrogens is 2. The number of anilines is 1. The molecule has 5 aliphatic rings. The SMILES string of the molecule is C[C@H]1c2c(cc(F)c(Cl)c2-c2c(C(N)=O)ccc(OCCO)c2F)O[C@]1(CCNC1CCC(C(=O)N2CCC(CN3CCC(c4ccc5c(N6CCC(=O)NC6=O)nn(C)c5c4F)CC3)CC2)CC1)c1ccccc1. The number of amides is 5. The average molecular weight is 1050 g/mol. The number of primary amides is 1. The van der Waals surface area contributed by atoms with Crippen LogP contribution in [0.25, 0.3) is 22.0 Å². The zero-order valence-corrected chi connectivity index (χ0v) is 43.1. The number of halogens is 4. The minimum Gasteiger partial charge on any atom is -0.488 e. The largest absolute Gasteiger partial charge is 0.488 e. The predicted molar refractivity (Wildman–Crippen MR) is 277 cm³/mol. The van der Waals surface area contributed by atoms with Gasteiger partial charge in [-0.2, -0.15) is 5.10 Å². The van der Waals surface area contributed by atoms with Crippen LogP contribution < -0.4 is 30.7 Å². The number of piperidine rings is 2. The molecule has 3 saturated heterocycles. The van der Waals surface area contributed by atoms with Gasteiger partial charge in [-0.15, -0.1) is 0 Å². The molecule has 1 aliphatic carbocycles. The van der Waals surface area contributed by atoms with Crippen molar-refractivity contribution in [3.8, 4) is 22.6 Å². The van der Waals surface area contributed by atoms with Crippen molar-refractivity contribution < 1.29 is 46.9 Å². The lowest BCUT2D eigenvalue weighted by molar-refractivity contribution is -0.138. The molecule has 4 aromatic carbocycles. The maximum atomic E-state index is 16.5. The third-order valence-corrected chi connectivity index (χ3v) is 17.0. The lowest BCUT2D eigenvalue weighted by atomic mass is 9.75. The van der Waals surface area contributed by atoms with E-state index >= 15 is 13.2 Å². The Morgan fingerprint density at radius 2 is 1.67 bits per heavy atom. The lowest BCUT2D eigenvalue weighted by Gasteiger charge is -2.39. The Morgan fingerprint density at radius 3 is 2.36 bits per heavy atom. The molecule has 4 aliphatic heterocycles. The van der Waals surface area contributed by atoms with Crippen LogP contribution in [-0.4, -0.2) is 114 Å². The molecule has 0 unspecified atom stereocenters. The van der Waals surface area contributed by atoms with Crippen LogP contribution >= 0.6 is 11.6 Å². The molecule has 5 amide bonds. The summed E-state index contributed by atoms with van der Waals surface area (Å²) in [6, 6.07) is 16.6. The minimum absolute atomic E-state index is 0.0363. The van der Waals surface area contributed by atoms with Crippen LogP contribution in [0.1, 0.15) is 110 Å². The number of nitrogens with one attached hydrogen (secondary N) is 2. The summed E-state index contributed by atoms with van der Waals surface area (Å²) in [5, 5.41) is 20.0. The van der Waals surface area contributed by atoms with E-state index in [9.17, 15) is 24.3 Å². The smallest absolute Gasteiger partial charge is 0.329 e. The van der Waals surface area contributed by atoms with Crippen molar-refractivity contribution in [3.63, 3.8) is 0 Å². The molecule has 10 rings (SSSR count). The van der Waals surface area contributed by atoms with Gasteiger partial charge in [-0.1, -0.05) is 54.9 Å². The number of fused-ring (bicyclic) bond motifs is 2. The zero-order chi connectivity index (χ0) is 52.7. The number of hydrogen-bond donors (Lipinski definition) is 4. The van der Waals surface area contributed by atoms with E-state index in [-0.39, 0.29) is 89.9 Å². The molecule has 19 heteroatoms. The van der Waals surface area contributed by atoms with Gasteiger partial charge >= 0.3 is 6.03 Å². The van der Waals surface area contributed by atoms with Gasteiger partial charge in [-0.05, 0) is 112 Å². The summed E-state index contributed by atoms with van der Waals surface area (Å²) in [4.78, 5) is 56.9. The number of aliphatic hydroxyl groups excluding tert-OH is 1. The molecule has 75 heavy (non-hydrogen) atoms. The van der Waals surface area contributed by atoms with Crippen molar-refractivity contribution in [2.24, 2.45) is 24.6 Å². The molecule has 1 saturated carbocycles. The second-order valence-electron chi connectivity index (χ2n) is 20.9. The van der Waals surface area contributed by atoms with E-state index in [0.717, 1.165) is 89.7 Å². The monoisotopic (exact) mass is 1050 g/mol. The predicted octanol–water partition coefficient (Wildman–Crippen LogP) is 8.28. The molecule has 5 N–H and O–H groups in total. The van der Waals surface area contributed by atoms with E-state index in [2.05, 4.69) is 25.5 Å². The van der Waals surface area contributed by atoms with E-state index in [0.29, 0.717) is 46.7 Å². The summed E-state index contributed by atoms with van der Waals surface area (Å²) in [5.74, 6) is -2.95. The highest BCUT2D eigenvalue weighted by Crippen LogP contribution is 2.58. The molecule has 4 fully saturated rings. The summed E-state index contributed by atoms with van der Waals surface area (Å²) in [6.07, 6.45) is 7.35. The Bertz CT molecular complexity index is 2990. The van der Waals surface area contributed by atoms with E-state index in [1.807, 2.05) is 49.4 Å². The Balaban J connectivity index is 0.716. The Labute approximate surface area is 438 Å². The van der Waals surface area contributed by atoms with Crippen LogP contribution in [0.3, 0.4) is 0 Å². The fourth-order valence-corrected chi connectivity index (χ4v) is 12.9. The molecule has 398 valence electrons. The minimum atomic E-state index is -1.05. The van der Waals surface area contributed by atoms with Crippen molar-refractivity contribution in [1.82, 2.24) is 30.2 Å². The first kappa shape index (κ1) is 52.2. The van der Waals surface area contributed by atoms with Gasteiger partial charge < -0.3 is 35.4 Å². The van der Waals surface area contributed by atoms with E-state index < -0.39 is 40.1 Å². The zero-order valence-electron chi connectivity index (χ0n) is 42.3. The van der Waals surface area contributed by atoms with Gasteiger partial charge in [0.15, 0.2) is 23.2 Å². The van der Waals surface area contributed by atoms with Crippen molar-refractivity contribution in [2.45, 2.75) is 94.6 Å². The number of aryl methyl sites for hydroxylation is 1. The first-order valence-electron chi connectivity index (χ1n) is 26.3. The summed E-state index contributed by atoms with van der Waals surface area (Å²) >= 11 is 6.72. The normalized spacial score (nSPS) is 22.8. The average Bonchev–Trinajstić information content (AvgIpc) is 3.90. The van der Waals surface area contributed by atoms with Crippen LogP contribution in [0.2, 0.25) is 5.02 Å². The van der Waals surface area contributed by atoms with E-state index in [1.54, 1.807) is 7.05 Å². The molecule has 5 aromatic rings. The van der Waals surface area contributed by atoms with Crippen molar-refractivity contribution in [1.29, 1.82) is 0 Å². The van der Waals surface area contributed by atoms with Gasteiger partial charge in [0, 0.05) is 92.1 Å². The number of carbonyl (C=O) groups excluding carboxylic acids is 4. The maximum absolute atomic E-state index is 16.5. The fraction of sp³-hybridized carbons (Fsp3) is 0.482. The van der Waals surface area contributed by atoms with Crippen molar-refractivity contribution in [3.05, 3.63) is 105 Å². The second-order valence-corrected chi connectivity index (χ2v) is 21.3. The molecule has 15 nitrogen and oxygen atoms in total. The summed E-state index contributed by atoms with van der Waals surface area (Å²) in [5.41, 5.74) is 6.41. The van der Waals surface area contributed by atoms with E-state index in [1.165, 1.54) is 27.8 Å². The lowest BCUT2D eigenvalue weighted by Crippen LogP contribution is -2.49. The van der Waals surface area contributed by atoms with Crippen LogP contribution in [0.4, 0.5) is 23.8 Å². The van der Waals surface area contributed by atoms with Gasteiger partial charge in [-0.3, -0.25) is 29.3 Å². The Hall–Kier alpha value is -6.21. The van der Waals surface area contributed by atoms with Crippen LogP contribution in [-0.2, 0) is 22.2 Å². The topological polar surface area (TPSA) is 185 Å². The van der Waals surface area contributed by atoms with Gasteiger partial charge in [0.1, 0.15) is 29.3 Å². The van der Waals surface area contributed by atoms with Gasteiger partial charge in [0.25, 0.3) is 0 Å². The number of imide groups is 1. The molecule has 1 aromatic heterocycles. The maximum Gasteiger partial charge on any atom is 0.329 e. The molecule has 5 heterocycles. The highest BCUT2D eigenvalue weighted by Gasteiger charge is 2.50. The van der Waals surface area contributed by atoms with Gasteiger partial charge in [-0.25, -0.2) is 18.0 Å². The van der Waals surface area contributed by atoms with Crippen molar-refractivity contribution in [2.75, 3.05) is 63.9 Å². The first-order valence-corrected chi connectivity index (χ1v) is 26.7. The number of urea groups is 1. The first-order chi connectivity index (χ1) is 36.2. The standard InChI is InChI=1S/C56H64ClF3N8O7/c1-32-45-43(30-41(58)48(57)47(45)46-39(52(61)71)14-15-42(50(46)60)74-29-28-69)75-56(32,36-6-4-3-5-7-36)21-22-62-37-10-8-35(9-11-37)54(72)67-25-16-33(17-26-67)31-66-23-18-34(19-24-66)38-12-13-40-51(49(38)59)65(2)64-53(40)68-27-20-44(70)63-55(68)73/h3-7,12-15,30,32-35,37,62,69H,8-11,16-29,31H2,1-2H3,(H2,61,71)(H,63,70,73)/t32-,35?,37?,56-/m0/s1. The number of ether oxygens (including phenoxy) is 2. The number of aliphatic hydroxyl groups is 1. The molecule has 0 radical (unpaired) electrons. The Kier molecular flexibility index (Phi) is 15.2. The number of rotatable bonds is 15. The third kappa shape index (κ3) is 10.1. The third-order valence-electron chi connectivity index (χ3n) is 16.6. The second kappa shape index (κ2) is 21.8. The molecule has 0 spiro atoms. The number of benzene rings is 4. The van der Waals surface area contributed by atoms with Gasteiger partial charge in [0.05, 0.1) is 17.2 Å². The van der Waals surface area contributed by atoms with Crippen LogP contribution in [0.15, 0.2) is 60.7 Å². The van der Waals surface area contributed by atoms with Crippen LogP contribution in [0.5, 0.6) is 11.5 Å². The molecule has 0 bridgehead atoms. The molecule has 2 atom stereocenters. The van der Waals surface area contributed by atoms with Gasteiger partial charge in [0.2, 0.25) is 17.7 Å². The highest BCUT2D eigenvalue weighted by molar-refractivity contribution is 6.34. The summed E-state index contributed by atoms with van der Waals surface area (Å²) < 4.78 is 62.3. The summed E-state index contributed by atoms with van der Waals surface area (Å²) in [7, 11) is 1.67. The van der Waals surface area contributed by atoms with Crippen molar-refractivity contribution >= 4 is 52.1 Å². The fourth-order valence-electron chi connectivity index (χ4n) is 12.6. The summed E-state index contributed by atoms with van der Waals surface area (Å²) in [6.45, 7) is 6.18.